The summed E-state index contributed by atoms with van der Waals surface area (Å²) in [7, 11) is 0. The topological polar surface area (TPSA) is 63.9 Å². The van der Waals surface area contributed by atoms with Crippen LogP contribution in [0.3, 0.4) is 0 Å². The van der Waals surface area contributed by atoms with E-state index < -0.39 is 5.97 Å². The highest BCUT2D eigenvalue weighted by Crippen LogP contribution is 2.21. The molecule has 0 amide bonds. The zero-order chi connectivity index (χ0) is 16.8. The number of benzene rings is 2. The first-order chi connectivity index (χ1) is 11.7. The van der Waals surface area contributed by atoms with Crippen molar-refractivity contribution < 1.29 is 9.53 Å². The summed E-state index contributed by atoms with van der Waals surface area (Å²) in [6.45, 7) is 0. The van der Waals surface area contributed by atoms with Gasteiger partial charge in [0.25, 0.3) is 0 Å². The minimum absolute atomic E-state index is 0.409. The lowest BCUT2D eigenvalue weighted by Gasteiger charge is -2.04. The average molecular weight is 382 g/mol. The molecule has 0 saturated heterocycles. The van der Waals surface area contributed by atoms with Crippen LogP contribution < -0.4 is 4.74 Å². The van der Waals surface area contributed by atoms with Gasteiger partial charge in [0.05, 0.1) is 16.9 Å². The predicted octanol–water partition coefficient (Wildman–Crippen LogP) is 5.48. The molecule has 0 unspecified atom stereocenters. The van der Waals surface area contributed by atoms with Crippen LogP contribution in [0.4, 0.5) is 11.4 Å². The number of pyridine rings is 1. The molecule has 24 heavy (non-hydrogen) atoms. The SMILES string of the molecule is O=C(Oc1ccc(N=Nc2ccncc2)cc1)c1ccc(Br)cc1. The Labute approximate surface area is 147 Å². The Bertz CT molecular complexity index is 848. The van der Waals surface area contributed by atoms with E-state index in [1.807, 2.05) is 0 Å². The van der Waals surface area contributed by atoms with Gasteiger partial charge in [0.1, 0.15) is 5.75 Å². The molecule has 0 saturated carbocycles. The van der Waals surface area contributed by atoms with Crippen LogP contribution >= 0.6 is 15.9 Å². The fourth-order valence-electron chi connectivity index (χ4n) is 1.86. The summed E-state index contributed by atoms with van der Waals surface area (Å²) >= 11 is 3.33. The number of aromatic nitrogens is 1. The number of hydrogen-bond acceptors (Lipinski definition) is 5. The van der Waals surface area contributed by atoms with Crippen molar-refractivity contribution in [3.63, 3.8) is 0 Å². The molecule has 0 bridgehead atoms. The summed E-state index contributed by atoms with van der Waals surface area (Å²) in [5, 5.41) is 8.21. The second-order valence-corrected chi connectivity index (χ2v) is 5.71. The zero-order valence-electron chi connectivity index (χ0n) is 12.5. The van der Waals surface area contributed by atoms with E-state index in [9.17, 15) is 4.79 Å². The van der Waals surface area contributed by atoms with Gasteiger partial charge in [-0.05, 0) is 60.7 Å². The Kier molecular flexibility index (Phi) is 5.08. The van der Waals surface area contributed by atoms with Gasteiger partial charge in [-0.25, -0.2) is 4.79 Å². The third kappa shape index (κ3) is 4.33. The minimum Gasteiger partial charge on any atom is -0.423 e. The zero-order valence-corrected chi connectivity index (χ0v) is 14.1. The third-order valence-electron chi connectivity index (χ3n) is 3.07. The number of rotatable bonds is 4. The van der Waals surface area contributed by atoms with Crippen molar-refractivity contribution >= 4 is 33.3 Å². The lowest BCUT2D eigenvalue weighted by Crippen LogP contribution is -2.07. The molecule has 0 radical (unpaired) electrons. The molecule has 0 atom stereocenters. The number of carbonyl (C=O) groups is 1. The van der Waals surface area contributed by atoms with Gasteiger partial charge < -0.3 is 4.74 Å². The third-order valence-corrected chi connectivity index (χ3v) is 3.60. The molecule has 1 aromatic heterocycles. The van der Waals surface area contributed by atoms with Crippen molar-refractivity contribution in [1.29, 1.82) is 0 Å². The van der Waals surface area contributed by atoms with E-state index >= 15 is 0 Å². The standard InChI is InChI=1S/C18H12BrN3O2/c19-14-3-1-13(2-4-14)18(23)24-17-7-5-15(6-8-17)21-22-16-9-11-20-12-10-16/h1-12H. The van der Waals surface area contributed by atoms with Crippen molar-refractivity contribution in [2.45, 2.75) is 0 Å². The Morgan fingerprint density at radius 1 is 0.833 bits per heavy atom. The molecule has 3 aromatic rings. The van der Waals surface area contributed by atoms with Crippen molar-refractivity contribution in [2.75, 3.05) is 0 Å². The molecular weight excluding hydrogens is 370 g/mol. The van der Waals surface area contributed by atoms with Gasteiger partial charge in [0.2, 0.25) is 0 Å². The number of halogens is 1. The summed E-state index contributed by atoms with van der Waals surface area (Å²) in [6.07, 6.45) is 3.30. The van der Waals surface area contributed by atoms with Crippen LogP contribution in [-0.4, -0.2) is 11.0 Å². The predicted molar refractivity (Wildman–Crippen MR) is 94.0 cm³/mol. The molecule has 5 nitrogen and oxygen atoms in total. The number of esters is 1. The molecule has 0 spiro atoms. The van der Waals surface area contributed by atoms with Crippen LogP contribution in [0.1, 0.15) is 10.4 Å². The number of carbonyl (C=O) groups excluding carboxylic acids is 1. The highest BCUT2D eigenvalue weighted by atomic mass is 79.9. The van der Waals surface area contributed by atoms with E-state index in [-0.39, 0.29) is 0 Å². The van der Waals surface area contributed by atoms with Gasteiger partial charge in [0.15, 0.2) is 0 Å². The van der Waals surface area contributed by atoms with Crippen LogP contribution in [0.25, 0.3) is 0 Å². The highest BCUT2D eigenvalue weighted by molar-refractivity contribution is 9.10. The van der Waals surface area contributed by atoms with E-state index in [1.54, 1.807) is 73.1 Å². The van der Waals surface area contributed by atoms with Gasteiger partial charge >= 0.3 is 5.97 Å². The van der Waals surface area contributed by atoms with Crippen molar-refractivity contribution in [3.8, 4) is 5.75 Å². The van der Waals surface area contributed by atoms with Gasteiger partial charge in [-0.15, -0.1) is 0 Å². The molecule has 2 aromatic carbocycles. The van der Waals surface area contributed by atoms with Crippen LogP contribution in [0.15, 0.2) is 87.8 Å². The lowest BCUT2D eigenvalue weighted by molar-refractivity contribution is 0.0735. The molecule has 0 aliphatic rings. The fraction of sp³-hybridized carbons (Fsp3) is 0. The van der Waals surface area contributed by atoms with E-state index in [0.717, 1.165) is 10.2 Å². The van der Waals surface area contributed by atoms with Crippen LogP contribution in [0.5, 0.6) is 5.75 Å². The molecule has 1 heterocycles. The molecular formula is C18H12BrN3O2. The van der Waals surface area contributed by atoms with Gasteiger partial charge in [-0.2, -0.15) is 10.2 Å². The van der Waals surface area contributed by atoms with Crippen LogP contribution in [0.2, 0.25) is 0 Å². The Balaban J connectivity index is 1.65. The largest absolute Gasteiger partial charge is 0.423 e. The molecule has 0 N–H and O–H groups in total. The molecule has 0 fully saturated rings. The van der Waals surface area contributed by atoms with Crippen molar-refractivity contribution in [3.05, 3.63) is 83.1 Å². The maximum Gasteiger partial charge on any atom is 0.343 e. The summed E-state index contributed by atoms with van der Waals surface area (Å²) < 4.78 is 6.23. The monoisotopic (exact) mass is 381 g/mol. The smallest absolute Gasteiger partial charge is 0.343 e. The van der Waals surface area contributed by atoms with Crippen molar-refractivity contribution in [1.82, 2.24) is 4.98 Å². The Morgan fingerprint density at radius 2 is 1.42 bits per heavy atom. The number of hydrogen-bond donors (Lipinski definition) is 0. The highest BCUT2D eigenvalue weighted by Gasteiger charge is 2.08. The van der Waals surface area contributed by atoms with E-state index in [0.29, 0.717) is 17.0 Å². The molecule has 118 valence electrons. The van der Waals surface area contributed by atoms with E-state index in [1.165, 1.54) is 0 Å². The maximum atomic E-state index is 12.0. The first-order valence-corrected chi connectivity index (χ1v) is 7.89. The average Bonchev–Trinajstić information content (AvgIpc) is 2.62. The molecule has 0 aliphatic carbocycles. The fourth-order valence-corrected chi connectivity index (χ4v) is 2.12. The number of ether oxygens (including phenoxy) is 1. The molecule has 6 heteroatoms. The Morgan fingerprint density at radius 3 is 2.04 bits per heavy atom. The van der Waals surface area contributed by atoms with Gasteiger partial charge in [-0.1, -0.05) is 15.9 Å². The number of nitrogens with zero attached hydrogens (tertiary/aromatic N) is 3. The second-order valence-electron chi connectivity index (χ2n) is 4.80. The summed E-state index contributed by atoms with van der Waals surface area (Å²) in [6, 6.07) is 17.3. The quantitative estimate of drug-likeness (QED) is 0.341. The van der Waals surface area contributed by atoms with Crippen LogP contribution in [-0.2, 0) is 0 Å². The normalized spacial score (nSPS) is 10.7. The number of azo groups is 1. The summed E-state index contributed by atoms with van der Waals surface area (Å²) in [5.41, 5.74) is 1.87. The van der Waals surface area contributed by atoms with Gasteiger partial charge in [0, 0.05) is 16.9 Å². The first kappa shape index (κ1) is 16.0. The Hall–Kier alpha value is -2.86. The second kappa shape index (κ2) is 7.61. The molecule has 0 aliphatic heterocycles. The minimum atomic E-state index is -0.409. The van der Waals surface area contributed by atoms with Crippen molar-refractivity contribution in [2.24, 2.45) is 10.2 Å². The summed E-state index contributed by atoms with van der Waals surface area (Å²) in [4.78, 5) is 16.0. The summed E-state index contributed by atoms with van der Waals surface area (Å²) in [5.74, 6) is 0.0411. The maximum absolute atomic E-state index is 12.0. The van der Waals surface area contributed by atoms with E-state index in [2.05, 4.69) is 31.1 Å². The lowest BCUT2D eigenvalue weighted by atomic mass is 10.2. The van der Waals surface area contributed by atoms with E-state index in [4.69, 9.17) is 4.74 Å². The van der Waals surface area contributed by atoms with Gasteiger partial charge in [-0.3, -0.25) is 4.98 Å². The molecule has 3 rings (SSSR count). The van der Waals surface area contributed by atoms with Crippen LogP contribution in [0, 0.1) is 0 Å². The first-order valence-electron chi connectivity index (χ1n) is 7.10.